The Hall–Kier alpha value is -1.35. The van der Waals surface area contributed by atoms with Crippen LogP contribution in [0.25, 0.3) is 0 Å². The fourth-order valence-corrected chi connectivity index (χ4v) is 3.76. The van der Waals surface area contributed by atoms with Crippen molar-refractivity contribution in [2.75, 3.05) is 7.05 Å². The molecule has 0 aliphatic heterocycles. The van der Waals surface area contributed by atoms with E-state index < -0.39 is 0 Å². The Balaban J connectivity index is 0.00000243. The Labute approximate surface area is 176 Å². The van der Waals surface area contributed by atoms with Crippen LogP contribution in [-0.4, -0.2) is 24.1 Å². The number of guanidine groups is 1. The molecule has 7 heteroatoms. The highest BCUT2D eigenvalue weighted by Gasteiger charge is 2.16. The summed E-state index contributed by atoms with van der Waals surface area (Å²) in [5, 5.41) is 8.78. The number of ether oxygens (including phenoxy) is 1. The Morgan fingerprint density at radius 1 is 1.23 bits per heavy atom. The molecule has 2 N–H and O–H groups in total. The van der Waals surface area contributed by atoms with Crippen molar-refractivity contribution in [2.45, 2.75) is 51.8 Å². The molecule has 0 spiro atoms. The molecule has 2 heterocycles. The average Bonchev–Trinajstić information content (AvgIpc) is 3.28. The topological polar surface area (TPSA) is 58.5 Å². The van der Waals surface area contributed by atoms with E-state index in [-0.39, 0.29) is 24.0 Å². The van der Waals surface area contributed by atoms with Gasteiger partial charge in [-0.05, 0) is 55.2 Å². The van der Waals surface area contributed by atoms with E-state index >= 15 is 0 Å². The molecule has 142 valence electrons. The Morgan fingerprint density at radius 3 is 2.62 bits per heavy atom. The van der Waals surface area contributed by atoms with E-state index in [9.17, 15) is 0 Å². The van der Waals surface area contributed by atoms with Crippen molar-refractivity contribution in [3.05, 3.63) is 45.8 Å². The van der Waals surface area contributed by atoms with Crippen molar-refractivity contribution in [1.29, 1.82) is 0 Å². The molecule has 2 aromatic heterocycles. The first kappa shape index (κ1) is 21.0. The zero-order valence-corrected chi connectivity index (χ0v) is 18.5. The number of aliphatic imine (C=N–C) groups is 1. The number of halogens is 1. The summed E-state index contributed by atoms with van der Waals surface area (Å²) in [6.45, 7) is 3.60. The van der Waals surface area contributed by atoms with Gasteiger partial charge in [0.05, 0.1) is 6.54 Å². The quantitative estimate of drug-likeness (QED) is 0.364. The van der Waals surface area contributed by atoms with Crippen LogP contribution in [0.5, 0.6) is 5.88 Å². The van der Waals surface area contributed by atoms with Crippen LogP contribution in [0, 0.1) is 6.92 Å². The Kier molecular flexibility index (Phi) is 8.64. The van der Waals surface area contributed by atoms with Crippen molar-refractivity contribution >= 4 is 41.3 Å². The van der Waals surface area contributed by atoms with Gasteiger partial charge in [-0.15, -0.1) is 35.3 Å². The minimum absolute atomic E-state index is 0. The lowest BCUT2D eigenvalue weighted by molar-refractivity contribution is 0.201. The SMILES string of the molecule is CN=C(NCc1ccc(OC2CCCC2)nc1)NCc1sccc1C.I. The molecule has 5 nitrogen and oxygen atoms in total. The lowest BCUT2D eigenvalue weighted by Gasteiger charge is -2.13. The minimum Gasteiger partial charge on any atom is -0.474 e. The van der Waals surface area contributed by atoms with Gasteiger partial charge in [0.15, 0.2) is 5.96 Å². The third-order valence-corrected chi connectivity index (χ3v) is 5.48. The van der Waals surface area contributed by atoms with Gasteiger partial charge in [0, 0.05) is 30.7 Å². The molecule has 0 radical (unpaired) electrons. The summed E-state index contributed by atoms with van der Waals surface area (Å²) in [6, 6.07) is 6.15. The second-order valence-corrected chi connectivity index (χ2v) is 7.34. The monoisotopic (exact) mass is 486 g/mol. The highest BCUT2D eigenvalue weighted by molar-refractivity contribution is 14.0. The van der Waals surface area contributed by atoms with E-state index in [2.05, 4.69) is 45.0 Å². The van der Waals surface area contributed by atoms with Gasteiger partial charge in [-0.2, -0.15) is 0 Å². The molecular weight excluding hydrogens is 459 g/mol. The molecule has 1 aliphatic carbocycles. The lowest BCUT2D eigenvalue weighted by atomic mass is 10.3. The number of rotatable bonds is 6. The van der Waals surface area contributed by atoms with E-state index in [1.807, 2.05) is 12.3 Å². The maximum absolute atomic E-state index is 5.90. The first-order valence-corrected chi connectivity index (χ1v) is 9.71. The fourth-order valence-electron chi connectivity index (χ4n) is 2.92. The number of aryl methyl sites for hydroxylation is 1. The number of hydrogen-bond acceptors (Lipinski definition) is 4. The first-order valence-electron chi connectivity index (χ1n) is 8.83. The molecule has 0 unspecified atom stereocenters. The highest BCUT2D eigenvalue weighted by Crippen LogP contribution is 2.22. The predicted octanol–water partition coefficient (Wildman–Crippen LogP) is 4.26. The third-order valence-electron chi connectivity index (χ3n) is 4.46. The van der Waals surface area contributed by atoms with Crippen LogP contribution in [0.3, 0.4) is 0 Å². The molecule has 26 heavy (non-hydrogen) atoms. The van der Waals surface area contributed by atoms with Gasteiger partial charge < -0.3 is 15.4 Å². The first-order chi connectivity index (χ1) is 12.2. The zero-order chi connectivity index (χ0) is 17.5. The number of nitrogens with zero attached hydrogens (tertiary/aromatic N) is 2. The van der Waals surface area contributed by atoms with Crippen LogP contribution in [0.1, 0.15) is 41.7 Å². The number of nitrogens with one attached hydrogen (secondary N) is 2. The summed E-state index contributed by atoms with van der Waals surface area (Å²) in [6.07, 6.45) is 7.05. The van der Waals surface area contributed by atoms with Gasteiger partial charge >= 0.3 is 0 Å². The van der Waals surface area contributed by atoms with Crippen molar-refractivity contribution in [1.82, 2.24) is 15.6 Å². The van der Waals surface area contributed by atoms with E-state index in [0.29, 0.717) is 12.6 Å². The second-order valence-electron chi connectivity index (χ2n) is 6.34. The largest absolute Gasteiger partial charge is 0.474 e. The molecule has 2 aromatic rings. The minimum atomic E-state index is 0. The second kappa shape index (κ2) is 10.7. The Morgan fingerprint density at radius 2 is 2.00 bits per heavy atom. The number of pyridine rings is 1. The van der Waals surface area contributed by atoms with Crippen molar-refractivity contribution in [2.24, 2.45) is 4.99 Å². The van der Waals surface area contributed by atoms with Crippen LogP contribution >= 0.6 is 35.3 Å². The van der Waals surface area contributed by atoms with Gasteiger partial charge in [-0.1, -0.05) is 6.07 Å². The standard InChI is InChI=1S/C19H26N4OS.HI/c1-14-9-10-25-17(14)13-23-19(20-2)22-12-15-7-8-18(21-11-15)24-16-5-3-4-6-16;/h7-11,16H,3-6,12-13H2,1-2H3,(H2,20,22,23);1H. The molecule has 1 saturated carbocycles. The van der Waals surface area contributed by atoms with Crippen LogP contribution in [0.4, 0.5) is 0 Å². The molecule has 0 atom stereocenters. The maximum Gasteiger partial charge on any atom is 0.213 e. The third kappa shape index (κ3) is 6.12. The van der Waals surface area contributed by atoms with Crippen LogP contribution in [-0.2, 0) is 13.1 Å². The lowest BCUT2D eigenvalue weighted by Crippen LogP contribution is -2.36. The summed E-state index contributed by atoms with van der Waals surface area (Å²) in [5.74, 6) is 1.52. The summed E-state index contributed by atoms with van der Waals surface area (Å²) >= 11 is 1.76. The van der Waals surface area contributed by atoms with Gasteiger partial charge in [0.25, 0.3) is 0 Å². The molecular formula is C19H27IN4OS. The van der Waals surface area contributed by atoms with E-state index in [1.165, 1.54) is 23.3 Å². The average molecular weight is 486 g/mol. The molecule has 3 rings (SSSR count). The zero-order valence-electron chi connectivity index (χ0n) is 15.3. The van der Waals surface area contributed by atoms with Crippen molar-refractivity contribution in [3.8, 4) is 5.88 Å². The van der Waals surface area contributed by atoms with Crippen LogP contribution < -0.4 is 15.4 Å². The number of thiophene rings is 1. The molecule has 1 fully saturated rings. The summed E-state index contributed by atoms with van der Waals surface area (Å²) in [5.41, 5.74) is 2.42. The van der Waals surface area contributed by atoms with Gasteiger partial charge in [-0.25, -0.2) is 4.98 Å². The molecule has 0 aromatic carbocycles. The number of aromatic nitrogens is 1. The van der Waals surface area contributed by atoms with Crippen LogP contribution in [0.15, 0.2) is 34.8 Å². The highest BCUT2D eigenvalue weighted by atomic mass is 127. The molecule has 0 amide bonds. The van der Waals surface area contributed by atoms with Gasteiger partial charge in [0.1, 0.15) is 6.10 Å². The van der Waals surface area contributed by atoms with E-state index in [4.69, 9.17) is 4.74 Å². The van der Waals surface area contributed by atoms with Crippen molar-refractivity contribution in [3.63, 3.8) is 0 Å². The van der Waals surface area contributed by atoms with Crippen LogP contribution in [0.2, 0.25) is 0 Å². The van der Waals surface area contributed by atoms with Crippen molar-refractivity contribution < 1.29 is 4.74 Å². The Bertz CT molecular complexity index is 696. The predicted molar refractivity (Wildman–Crippen MR) is 119 cm³/mol. The summed E-state index contributed by atoms with van der Waals surface area (Å²) in [7, 11) is 1.79. The summed E-state index contributed by atoms with van der Waals surface area (Å²) < 4.78 is 5.90. The van der Waals surface area contributed by atoms with E-state index in [0.717, 1.165) is 36.8 Å². The summed E-state index contributed by atoms with van der Waals surface area (Å²) in [4.78, 5) is 10.0. The molecule has 0 bridgehead atoms. The normalized spacial score (nSPS) is 14.8. The molecule has 0 saturated heterocycles. The molecule has 1 aliphatic rings. The smallest absolute Gasteiger partial charge is 0.213 e. The van der Waals surface area contributed by atoms with Gasteiger partial charge in [0.2, 0.25) is 5.88 Å². The maximum atomic E-state index is 5.90. The number of hydrogen-bond donors (Lipinski definition) is 2. The van der Waals surface area contributed by atoms with Gasteiger partial charge in [-0.3, -0.25) is 4.99 Å². The fraction of sp³-hybridized carbons (Fsp3) is 0.474. The van der Waals surface area contributed by atoms with E-state index in [1.54, 1.807) is 18.4 Å².